The van der Waals surface area contributed by atoms with E-state index in [9.17, 15) is 9.59 Å². The number of nitrogens with zero attached hydrogens (tertiary/aromatic N) is 2. The van der Waals surface area contributed by atoms with Gasteiger partial charge < -0.3 is 10.4 Å². The van der Waals surface area contributed by atoms with Gasteiger partial charge in [0.15, 0.2) is 0 Å². The SMILES string of the molecule is CCCn1cc(C(=O)NCC(C)(C)C(=O)O)cn1. The molecule has 2 N–H and O–H groups in total. The minimum atomic E-state index is -0.977. The molecule has 0 aliphatic carbocycles. The molecule has 0 spiro atoms. The number of aromatic nitrogens is 2. The van der Waals surface area contributed by atoms with Crippen molar-refractivity contribution < 1.29 is 14.7 Å². The second-order valence-corrected chi connectivity index (χ2v) is 4.86. The van der Waals surface area contributed by atoms with E-state index in [1.165, 1.54) is 6.20 Å². The lowest BCUT2D eigenvalue weighted by Crippen LogP contribution is -2.38. The highest BCUT2D eigenvalue weighted by atomic mass is 16.4. The van der Waals surface area contributed by atoms with E-state index in [1.807, 2.05) is 6.92 Å². The molecule has 100 valence electrons. The summed E-state index contributed by atoms with van der Waals surface area (Å²) in [4.78, 5) is 22.7. The molecule has 0 bridgehead atoms. The summed E-state index contributed by atoms with van der Waals surface area (Å²) in [5.74, 6) is -1.24. The van der Waals surface area contributed by atoms with Crippen LogP contribution in [0.1, 0.15) is 37.6 Å². The van der Waals surface area contributed by atoms with Gasteiger partial charge in [0.1, 0.15) is 0 Å². The highest BCUT2D eigenvalue weighted by Crippen LogP contribution is 2.13. The van der Waals surface area contributed by atoms with E-state index >= 15 is 0 Å². The molecule has 1 rings (SSSR count). The maximum atomic E-state index is 11.8. The van der Waals surface area contributed by atoms with Crippen molar-refractivity contribution in [2.45, 2.75) is 33.7 Å². The Hall–Kier alpha value is -1.85. The molecule has 0 atom stereocenters. The third-order valence-electron chi connectivity index (χ3n) is 2.62. The van der Waals surface area contributed by atoms with Gasteiger partial charge in [-0.1, -0.05) is 6.92 Å². The van der Waals surface area contributed by atoms with E-state index in [0.29, 0.717) is 5.56 Å². The van der Waals surface area contributed by atoms with Crippen LogP contribution in [0.25, 0.3) is 0 Å². The molecule has 0 saturated carbocycles. The number of amides is 1. The molecule has 0 saturated heterocycles. The molecule has 0 radical (unpaired) electrons. The second-order valence-electron chi connectivity index (χ2n) is 4.86. The number of rotatable bonds is 6. The van der Waals surface area contributed by atoms with Crippen LogP contribution < -0.4 is 5.32 Å². The van der Waals surface area contributed by atoms with Crippen molar-refractivity contribution in [1.82, 2.24) is 15.1 Å². The first-order chi connectivity index (χ1) is 8.36. The van der Waals surface area contributed by atoms with Crippen LogP contribution in [0.15, 0.2) is 12.4 Å². The summed E-state index contributed by atoms with van der Waals surface area (Å²) in [7, 11) is 0. The smallest absolute Gasteiger partial charge is 0.310 e. The van der Waals surface area contributed by atoms with Crippen LogP contribution >= 0.6 is 0 Å². The van der Waals surface area contributed by atoms with E-state index in [-0.39, 0.29) is 12.5 Å². The molecule has 6 heteroatoms. The fraction of sp³-hybridized carbons (Fsp3) is 0.583. The van der Waals surface area contributed by atoms with E-state index < -0.39 is 11.4 Å². The Labute approximate surface area is 106 Å². The number of carboxylic acid groups (broad SMARTS) is 1. The Kier molecular flexibility index (Phi) is 4.47. The van der Waals surface area contributed by atoms with Crippen molar-refractivity contribution in [2.24, 2.45) is 5.41 Å². The van der Waals surface area contributed by atoms with Crippen LogP contribution in [0.4, 0.5) is 0 Å². The molecule has 1 heterocycles. The van der Waals surface area contributed by atoms with Gasteiger partial charge in [0.05, 0.1) is 17.2 Å². The molecular formula is C12H19N3O3. The standard InChI is InChI=1S/C12H19N3O3/c1-4-5-15-7-9(6-14-15)10(16)13-8-12(2,3)11(17)18/h6-7H,4-5,8H2,1-3H3,(H,13,16)(H,17,18). The van der Waals surface area contributed by atoms with Crippen LogP contribution in [0, 0.1) is 5.41 Å². The molecule has 18 heavy (non-hydrogen) atoms. The number of carboxylic acids is 1. The summed E-state index contributed by atoms with van der Waals surface area (Å²) in [5.41, 5.74) is -0.528. The molecule has 1 aromatic rings. The third kappa shape index (κ3) is 3.58. The van der Waals surface area contributed by atoms with Crippen molar-refractivity contribution >= 4 is 11.9 Å². The zero-order valence-electron chi connectivity index (χ0n) is 10.9. The Morgan fingerprint density at radius 3 is 2.72 bits per heavy atom. The van der Waals surface area contributed by atoms with E-state index in [2.05, 4.69) is 10.4 Å². The lowest BCUT2D eigenvalue weighted by atomic mass is 9.94. The largest absolute Gasteiger partial charge is 0.481 e. The average Bonchev–Trinajstić information content (AvgIpc) is 2.75. The molecule has 1 aromatic heterocycles. The summed E-state index contributed by atoms with van der Waals surface area (Å²) in [6.45, 7) is 6.00. The quantitative estimate of drug-likeness (QED) is 0.796. The van der Waals surface area contributed by atoms with Gasteiger partial charge in [0.25, 0.3) is 5.91 Å². The average molecular weight is 253 g/mol. The number of hydrogen-bond donors (Lipinski definition) is 2. The highest BCUT2D eigenvalue weighted by Gasteiger charge is 2.27. The molecule has 0 aromatic carbocycles. The van der Waals surface area contributed by atoms with E-state index in [0.717, 1.165) is 13.0 Å². The summed E-state index contributed by atoms with van der Waals surface area (Å²) >= 11 is 0. The lowest BCUT2D eigenvalue weighted by Gasteiger charge is -2.19. The van der Waals surface area contributed by atoms with Crippen molar-refractivity contribution in [2.75, 3.05) is 6.54 Å². The maximum Gasteiger partial charge on any atom is 0.310 e. The van der Waals surface area contributed by atoms with Gasteiger partial charge >= 0.3 is 5.97 Å². The van der Waals surface area contributed by atoms with Gasteiger partial charge in [0.2, 0.25) is 0 Å². The first kappa shape index (κ1) is 14.2. The van der Waals surface area contributed by atoms with Crippen molar-refractivity contribution in [3.8, 4) is 0 Å². The Morgan fingerprint density at radius 2 is 2.17 bits per heavy atom. The molecule has 1 amide bonds. The van der Waals surface area contributed by atoms with Gasteiger partial charge in [-0.15, -0.1) is 0 Å². The van der Waals surface area contributed by atoms with E-state index in [4.69, 9.17) is 5.11 Å². The molecular weight excluding hydrogens is 234 g/mol. The maximum absolute atomic E-state index is 11.8. The van der Waals surface area contributed by atoms with Gasteiger partial charge in [-0.25, -0.2) is 0 Å². The molecule has 0 unspecified atom stereocenters. The highest BCUT2D eigenvalue weighted by molar-refractivity contribution is 5.94. The first-order valence-corrected chi connectivity index (χ1v) is 5.91. The van der Waals surface area contributed by atoms with Crippen LogP contribution in [0.2, 0.25) is 0 Å². The fourth-order valence-corrected chi connectivity index (χ4v) is 1.31. The Morgan fingerprint density at radius 1 is 1.50 bits per heavy atom. The van der Waals surface area contributed by atoms with E-state index in [1.54, 1.807) is 24.7 Å². The van der Waals surface area contributed by atoms with Crippen LogP contribution in [-0.2, 0) is 11.3 Å². The summed E-state index contributed by atoms with van der Waals surface area (Å²) in [6, 6.07) is 0. The van der Waals surface area contributed by atoms with Gasteiger partial charge in [-0.3, -0.25) is 14.3 Å². The number of carbonyl (C=O) groups excluding carboxylic acids is 1. The molecule has 0 aliphatic rings. The minimum Gasteiger partial charge on any atom is -0.481 e. The van der Waals surface area contributed by atoms with Crippen LogP contribution in [-0.4, -0.2) is 33.3 Å². The van der Waals surface area contributed by atoms with Crippen LogP contribution in [0.3, 0.4) is 0 Å². The van der Waals surface area contributed by atoms with Crippen molar-refractivity contribution in [3.63, 3.8) is 0 Å². The lowest BCUT2D eigenvalue weighted by molar-refractivity contribution is -0.146. The Bertz CT molecular complexity index is 438. The summed E-state index contributed by atoms with van der Waals surface area (Å²) in [5, 5.41) is 15.6. The third-order valence-corrected chi connectivity index (χ3v) is 2.62. The fourth-order valence-electron chi connectivity index (χ4n) is 1.31. The predicted octanol–water partition coefficient (Wildman–Crippen LogP) is 1.13. The first-order valence-electron chi connectivity index (χ1n) is 5.91. The van der Waals surface area contributed by atoms with Crippen LogP contribution in [0.5, 0.6) is 0 Å². The minimum absolute atomic E-state index is 0.0835. The summed E-state index contributed by atoms with van der Waals surface area (Å²) < 4.78 is 1.69. The molecule has 0 aliphatic heterocycles. The van der Waals surface area contributed by atoms with Crippen molar-refractivity contribution in [1.29, 1.82) is 0 Å². The number of hydrogen-bond acceptors (Lipinski definition) is 3. The van der Waals surface area contributed by atoms with Gasteiger partial charge in [-0.2, -0.15) is 5.10 Å². The topological polar surface area (TPSA) is 84.2 Å². The van der Waals surface area contributed by atoms with Crippen molar-refractivity contribution in [3.05, 3.63) is 18.0 Å². The number of nitrogens with one attached hydrogen (secondary N) is 1. The second kappa shape index (κ2) is 5.66. The molecule has 6 nitrogen and oxygen atoms in total. The zero-order chi connectivity index (χ0) is 13.8. The number of carbonyl (C=O) groups is 2. The number of aliphatic carboxylic acids is 1. The predicted molar refractivity (Wildman–Crippen MR) is 66.3 cm³/mol. The zero-order valence-corrected chi connectivity index (χ0v) is 10.9. The monoisotopic (exact) mass is 253 g/mol. The van der Waals surface area contributed by atoms with Gasteiger partial charge in [-0.05, 0) is 20.3 Å². The normalized spacial score (nSPS) is 11.3. The van der Waals surface area contributed by atoms with Gasteiger partial charge in [0, 0.05) is 19.3 Å². The molecule has 0 fully saturated rings. The number of aryl methyl sites for hydroxylation is 1. The summed E-state index contributed by atoms with van der Waals surface area (Å²) in [6.07, 6.45) is 4.08. The Balaban J connectivity index is 2.57.